The third-order valence-corrected chi connectivity index (χ3v) is 4.40. The fourth-order valence-electron chi connectivity index (χ4n) is 2.87. The quantitative estimate of drug-likeness (QED) is 0.808. The van der Waals surface area contributed by atoms with E-state index in [1.165, 1.54) is 18.7 Å². The predicted molar refractivity (Wildman–Crippen MR) is 90.8 cm³/mol. The molecule has 0 saturated carbocycles. The number of nitrogens with zero attached hydrogens (tertiary/aromatic N) is 4. The summed E-state index contributed by atoms with van der Waals surface area (Å²) >= 11 is 0. The molecule has 1 aromatic rings. The maximum absolute atomic E-state index is 12.5. The van der Waals surface area contributed by atoms with Crippen LogP contribution < -0.4 is 0 Å². The van der Waals surface area contributed by atoms with Gasteiger partial charge in [0, 0.05) is 30.9 Å². The molecule has 0 atom stereocenters. The number of likely N-dealkylation sites (N-methyl/N-ethyl adjacent to an activating group) is 1. The number of hydrogen-bond acceptors (Lipinski definition) is 5. The number of imide groups is 1. The summed E-state index contributed by atoms with van der Waals surface area (Å²) in [4.78, 5) is 38.8. The average molecular weight is 350 g/mol. The molecule has 25 heavy (non-hydrogen) atoms. The van der Waals surface area contributed by atoms with Crippen molar-refractivity contribution in [1.82, 2.24) is 19.6 Å². The van der Waals surface area contributed by atoms with Gasteiger partial charge in [0.1, 0.15) is 6.54 Å². The average Bonchev–Trinajstić information content (AvgIpc) is 2.88. The van der Waals surface area contributed by atoms with Crippen molar-refractivity contribution in [3.05, 3.63) is 17.0 Å². The van der Waals surface area contributed by atoms with E-state index in [0.717, 1.165) is 21.9 Å². The van der Waals surface area contributed by atoms with Crippen LogP contribution in [0, 0.1) is 13.8 Å². The summed E-state index contributed by atoms with van der Waals surface area (Å²) in [6, 6.07) is 0.229. The second-order valence-corrected chi connectivity index (χ2v) is 7.21. The van der Waals surface area contributed by atoms with Crippen LogP contribution in [-0.2, 0) is 20.9 Å². The molecule has 0 aromatic carbocycles. The van der Waals surface area contributed by atoms with Gasteiger partial charge in [0.25, 0.3) is 5.91 Å². The van der Waals surface area contributed by atoms with E-state index >= 15 is 0 Å². The van der Waals surface area contributed by atoms with Crippen LogP contribution in [0.1, 0.15) is 50.7 Å². The minimum atomic E-state index is -1.22. The van der Waals surface area contributed by atoms with E-state index in [0.29, 0.717) is 6.54 Å². The van der Waals surface area contributed by atoms with Crippen LogP contribution >= 0.6 is 0 Å². The van der Waals surface area contributed by atoms with Crippen molar-refractivity contribution in [3.63, 3.8) is 0 Å². The van der Waals surface area contributed by atoms with Gasteiger partial charge in [0.15, 0.2) is 5.60 Å². The molecule has 0 bridgehead atoms. The molecule has 2 rings (SSSR count). The smallest absolute Gasteiger partial charge is 0.418 e. The zero-order chi connectivity index (χ0) is 19.1. The Kier molecular flexibility index (Phi) is 4.92. The molecule has 0 spiro atoms. The zero-order valence-electron chi connectivity index (χ0n) is 15.9. The van der Waals surface area contributed by atoms with Gasteiger partial charge in [0.2, 0.25) is 5.91 Å². The summed E-state index contributed by atoms with van der Waals surface area (Å²) in [7, 11) is 1.64. The van der Waals surface area contributed by atoms with Crippen molar-refractivity contribution in [2.24, 2.45) is 0 Å². The minimum Gasteiger partial charge on any atom is -0.433 e. The van der Waals surface area contributed by atoms with Crippen LogP contribution in [0.5, 0.6) is 0 Å². The first-order valence-electron chi connectivity index (χ1n) is 8.29. The highest BCUT2D eigenvalue weighted by Gasteiger charge is 2.47. The Morgan fingerprint density at radius 1 is 1.28 bits per heavy atom. The van der Waals surface area contributed by atoms with Crippen molar-refractivity contribution >= 4 is 17.9 Å². The first-order valence-corrected chi connectivity index (χ1v) is 8.29. The Hall–Kier alpha value is -2.38. The maximum Gasteiger partial charge on any atom is 0.418 e. The highest BCUT2D eigenvalue weighted by Crippen LogP contribution is 2.23. The molecular weight excluding hydrogens is 324 g/mol. The molecule has 1 aliphatic rings. The van der Waals surface area contributed by atoms with Crippen molar-refractivity contribution in [2.75, 3.05) is 13.6 Å². The van der Waals surface area contributed by atoms with Crippen LogP contribution in [0.25, 0.3) is 0 Å². The van der Waals surface area contributed by atoms with Crippen LogP contribution in [0.4, 0.5) is 4.79 Å². The molecule has 3 amide bonds. The molecule has 0 aliphatic carbocycles. The van der Waals surface area contributed by atoms with Crippen molar-refractivity contribution in [1.29, 1.82) is 0 Å². The lowest BCUT2D eigenvalue weighted by molar-refractivity contribution is -0.139. The lowest BCUT2D eigenvalue weighted by atomic mass is 10.1. The monoisotopic (exact) mass is 350 g/mol. The fraction of sp³-hybridized carbons (Fsp3) is 0.647. The van der Waals surface area contributed by atoms with Crippen LogP contribution in [0.3, 0.4) is 0 Å². The summed E-state index contributed by atoms with van der Waals surface area (Å²) in [6.45, 7) is 11.0. The first-order chi connectivity index (χ1) is 11.5. The van der Waals surface area contributed by atoms with Crippen LogP contribution in [0.2, 0.25) is 0 Å². The molecule has 8 nitrogen and oxygen atoms in total. The van der Waals surface area contributed by atoms with E-state index in [1.54, 1.807) is 7.05 Å². The summed E-state index contributed by atoms with van der Waals surface area (Å²) in [5, 5.41) is 4.51. The Labute approximate surface area is 147 Å². The number of cyclic esters (lactones) is 1. The van der Waals surface area contributed by atoms with Crippen molar-refractivity contribution in [3.8, 4) is 0 Å². The Balaban J connectivity index is 2.09. The Morgan fingerprint density at radius 3 is 2.32 bits per heavy atom. The molecule has 1 saturated heterocycles. The number of rotatable bonds is 5. The third kappa shape index (κ3) is 3.52. The molecule has 0 unspecified atom stereocenters. The molecule has 1 aromatic heterocycles. The summed E-state index contributed by atoms with van der Waals surface area (Å²) < 4.78 is 6.92. The number of aryl methyl sites for hydroxylation is 1. The van der Waals surface area contributed by atoms with Gasteiger partial charge in [-0.3, -0.25) is 14.3 Å². The number of carbonyl (C=O) groups is 3. The second kappa shape index (κ2) is 6.50. The molecule has 0 N–H and O–H groups in total. The third-order valence-electron chi connectivity index (χ3n) is 4.40. The lowest BCUT2D eigenvalue weighted by Crippen LogP contribution is -2.43. The van der Waals surface area contributed by atoms with Gasteiger partial charge in [-0.05, 0) is 41.5 Å². The van der Waals surface area contributed by atoms with E-state index in [-0.39, 0.29) is 18.5 Å². The van der Waals surface area contributed by atoms with E-state index < -0.39 is 17.6 Å². The topological polar surface area (TPSA) is 84.7 Å². The number of aromatic nitrogens is 2. The number of amides is 3. The zero-order valence-corrected chi connectivity index (χ0v) is 15.9. The van der Waals surface area contributed by atoms with Gasteiger partial charge in [0.05, 0.1) is 5.69 Å². The number of ether oxygens (including phenoxy) is 1. The molecular formula is C17H26N4O4. The standard InChI is InChI=1S/C17H26N4O4/c1-10(2)21-12(4)13(11(3)18-21)8-19(7)14(22)9-20-15(23)17(5,6)25-16(20)24/h10H,8-9H2,1-7H3. The molecule has 0 radical (unpaired) electrons. The largest absolute Gasteiger partial charge is 0.433 e. The Morgan fingerprint density at radius 2 is 1.88 bits per heavy atom. The van der Waals surface area contributed by atoms with E-state index in [9.17, 15) is 14.4 Å². The van der Waals surface area contributed by atoms with Gasteiger partial charge in [-0.1, -0.05) is 0 Å². The van der Waals surface area contributed by atoms with E-state index in [4.69, 9.17) is 4.74 Å². The van der Waals surface area contributed by atoms with Gasteiger partial charge in [-0.25, -0.2) is 9.69 Å². The molecule has 8 heteroatoms. The van der Waals surface area contributed by atoms with E-state index in [2.05, 4.69) is 5.10 Å². The Bertz CT molecular complexity index is 720. The van der Waals surface area contributed by atoms with E-state index in [1.807, 2.05) is 32.4 Å². The first kappa shape index (κ1) is 19.0. The lowest BCUT2D eigenvalue weighted by Gasteiger charge is -2.20. The van der Waals surface area contributed by atoms with Crippen LogP contribution in [0.15, 0.2) is 0 Å². The van der Waals surface area contributed by atoms with Crippen molar-refractivity contribution in [2.45, 2.75) is 59.7 Å². The molecule has 1 fully saturated rings. The van der Waals surface area contributed by atoms with Crippen molar-refractivity contribution < 1.29 is 19.1 Å². The van der Waals surface area contributed by atoms with Crippen LogP contribution in [-0.4, -0.2) is 56.7 Å². The minimum absolute atomic E-state index is 0.229. The normalized spacial score (nSPS) is 16.6. The fourth-order valence-corrected chi connectivity index (χ4v) is 2.87. The summed E-state index contributed by atoms with van der Waals surface area (Å²) in [5.41, 5.74) is 1.62. The summed E-state index contributed by atoms with van der Waals surface area (Å²) in [5.74, 6) is -0.835. The second-order valence-electron chi connectivity index (χ2n) is 7.21. The highest BCUT2D eigenvalue weighted by atomic mass is 16.6. The van der Waals surface area contributed by atoms with Gasteiger partial charge < -0.3 is 9.64 Å². The number of carbonyl (C=O) groups excluding carboxylic acids is 3. The number of hydrogen-bond donors (Lipinski definition) is 0. The van der Waals surface area contributed by atoms with Gasteiger partial charge >= 0.3 is 6.09 Å². The SMILES string of the molecule is Cc1nn(C(C)C)c(C)c1CN(C)C(=O)CN1C(=O)OC(C)(C)C1=O. The molecule has 1 aliphatic heterocycles. The van der Waals surface area contributed by atoms with Gasteiger partial charge in [-0.15, -0.1) is 0 Å². The molecule has 2 heterocycles. The highest BCUT2D eigenvalue weighted by molar-refractivity contribution is 6.04. The predicted octanol–water partition coefficient (Wildman–Crippen LogP) is 1.80. The summed E-state index contributed by atoms with van der Waals surface area (Å²) in [6.07, 6.45) is -0.781. The molecule has 138 valence electrons. The van der Waals surface area contributed by atoms with Gasteiger partial charge in [-0.2, -0.15) is 5.10 Å². The maximum atomic E-state index is 12.5.